The Labute approximate surface area is 99.1 Å². The topological polar surface area (TPSA) is 66.6 Å². The van der Waals surface area contributed by atoms with Gasteiger partial charge in [0.1, 0.15) is 0 Å². The van der Waals surface area contributed by atoms with Crippen molar-refractivity contribution in [3.8, 4) is 0 Å². The second kappa shape index (κ2) is 7.01. The summed E-state index contributed by atoms with van der Waals surface area (Å²) in [6.45, 7) is 8.52. The third kappa shape index (κ3) is 4.21. The standard InChI is InChI=1S/C10H23N3O2S/c1-5-8-13(10(2)3)16(14,15)12(4)9-6-7-11/h5,10H,1,6-9,11H2,2-4H3. The van der Waals surface area contributed by atoms with Crippen LogP contribution in [0.3, 0.4) is 0 Å². The maximum Gasteiger partial charge on any atom is 0.282 e. The Morgan fingerprint density at radius 3 is 2.38 bits per heavy atom. The molecule has 0 saturated carbocycles. The van der Waals surface area contributed by atoms with Crippen molar-refractivity contribution >= 4 is 10.2 Å². The zero-order valence-corrected chi connectivity index (χ0v) is 11.2. The summed E-state index contributed by atoms with van der Waals surface area (Å²) in [5, 5.41) is 0. The van der Waals surface area contributed by atoms with Gasteiger partial charge in [-0.25, -0.2) is 0 Å². The molecule has 0 spiro atoms. The zero-order chi connectivity index (χ0) is 12.8. The zero-order valence-electron chi connectivity index (χ0n) is 10.4. The van der Waals surface area contributed by atoms with Crippen LogP contribution in [0.2, 0.25) is 0 Å². The second-order valence-corrected chi connectivity index (χ2v) is 5.91. The highest BCUT2D eigenvalue weighted by atomic mass is 32.2. The van der Waals surface area contributed by atoms with E-state index >= 15 is 0 Å². The van der Waals surface area contributed by atoms with Crippen LogP contribution in [0.4, 0.5) is 0 Å². The van der Waals surface area contributed by atoms with Gasteiger partial charge in [-0.2, -0.15) is 17.0 Å². The highest BCUT2D eigenvalue weighted by Gasteiger charge is 2.27. The minimum atomic E-state index is -3.39. The third-order valence-corrected chi connectivity index (χ3v) is 4.39. The van der Waals surface area contributed by atoms with E-state index in [-0.39, 0.29) is 6.04 Å². The van der Waals surface area contributed by atoms with E-state index in [1.165, 1.54) is 8.61 Å². The van der Waals surface area contributed by atoms with Crippen LogP contribution in [0.25, 0.3) is 0 Å². The van der Waals surface area contributed by atoms with Gasteiger partial charge < -0.3 is 5.73 Å². The Bertz CT molecular complexity index is 301. The van der Waals surface area contributed by atoms with Crippen LogP contribution in [0, 0.1) is 0 Å². The molecule has 0 fully saturated rings. The summed E-state index contributed by atoms with van der Waals surface area (Å²) in [6.07, 6.45) is 2.25. The monoisotopic (exact) mass is 249 g/mol. The second-order valence-electron chi connectivity index (χ2n) is 3.92. The molecular formula is C10H23N3O2S. The van der Waals surface area contributed by atoms with Crippen LogP contribution >= 0.6 is 0 Å². The predicted octanol–water partition coefficient (Wildman–Crippen LogP) is 0.408. The lowest BCUT2D eigenvalue weighted by atomic mass is 10.4. The lowest BCUT2D eigenvalue weighted by molar-refractivity contribution is 0.337. The molecule has 0 aromatic rings. The first-order chi connectivity index (χ1) is 7.37. The van der Waals surface area contributed by atoms with E-state index in [0.29, 0.717) is 26.1 Å². The minimum absolute atomic E-state index is 0.0803. The van der Waals surface area contributed by atoms with Gasteiger partial charge >= 0.3 is 0 Å². The first kappa shape index (κ1) is 15.6. The molecule has 0 heterocycles. The quantitative estimate of drug-likeness (QED) is 0.634. The fourth-order valence-corrected chi connectivity index (χ4v) is 2.85. The van der Waals surface area contributed by atoms with Crippen molar-refractivity contribution in [2.24, 2.45) is 5.73 Å². The van der Waals surface area contributed by atoms with Gasteiger partial charge in [0.25, 0.3) is 10.2 Å². The van der Waals surface area contributed by atoms with Crippen molar-refractivity contribution in [1.82, 2.24) is 8.61 Å². The molecule has 96 valence electrons. The van der Waals surface area contributed by atoms with Crippen molar-refractivity contribution < 1.29 is 8.42 Å². The van der Waals surface area contributed by atoms with E-state index in [9.17, 15) is 8.42 Å². The molecule has 0 aliphatic carbocycles. The van der Waals surface area contributed by atoms with E-state index in [4.69, 9.17) is 5.73 Å². The van der Waals surface area contributed by atoms with Gasteiger partial charge in [0.05, 0.1) is 0 Å². The third-order valence-electron chi connectivity index (χ3n) is 2.25. The van der Waals surface area contributed by atoms with E-state index in [1.807, 2.05) is 13.8 Å². The smallest absolute Gasteiger partial charge is 0.282 e. The summed E-state index contributed by atoms with van der Waals surface area (Å²) in [4.78, 5) is 0. The van der Waals surface area contributed by atoms with Crippen molar-refractivity contribution in [2.75, 3.05) is 26.7 Å². The predicted molar refractivity (Wildman–Crippen MR) is 67.3 cm³/mol. The highest BCUT2D eigenvalue weighted by molar-refractivity contribution is 7.86. The van der Waals surface area contributed by atoms with Crippen molar-refractivity contribution in [3.63, 3.8) is 0 Å². The molecule has 16 heavy (non-hydrogen) atoms. The summed E-state index contributed by atoms with van der Waals surface area (Å²) in [6, 6.07) is -0.0803. The lowest BCUT2D eigenvalue weighted by Crippen LogP contribution is -2.45. The van der Waals surface area contributed by atoms with E-state index < -0.39 is 10.2 Å². The van der Waals surface area contributed by atoms with Gasteiger partial charge in [-0.05, 0) is 26.8 Å². The number of hydrogen-bond acceptors (Lipinski definition) is 3. The Morgan fingerprint density at radius 1 is 1.44 bits per heavy atom. The number of nitrogens with zero attached hydrogens (tertiary/aromatic N) is 2. The van der Waals surface area contributed by atoms with Crippen molar-refractivity contribution in [2.45, 2.75) is 26.3 Å². The number of hydrogen-bond donors (Lipinski definition) is 1. The molecule has 2 N–H and O–H groups in total. The molecule has 0 radical (unpaired) electrons. The van der Waals surface area contributed by atoms with Gasteiger partial charge in [0, 0.05) is 26.2 Å². The van der Waals surface area contributed by atoms with Crippen LogP contribution in [-0.4, -0.2) is 49.8 Å². The van der Waals surface area contributed by atoms with Crippen LogP contribution in [-0.2, 0) is 10.2 Å². The Balaban J connectivity index is 4.76. The molecule has 0 atom stereocenters. The number of nitrogens with two attached hydrogens (primary N) is 1. The fraction of sp³-hybridized carbons (Fsp3) is 0.800. The van der Waals surface area contributed by atoms with Crippen LogP contribution in [0.15, 0.2) is 12.7 Å². The summed E-state index contributed by atoms with van der Waals surface area (Å²) in [7, 11) is -1.82. The molecule has 0 unspecified atom stereocenters. The fourth-order valence-electron chi connectivity index (χ4n) is 1.31. The first-order valence-corrected chi connectivity index (χ1v) is 6.81. The molecule has 0 saturated heterocycles. The molecule has 0 aliphatic heterocycles. The van der Waals surface area contributed by atoms with Gasteiger partial charge in [-0.3, -0.25) is 0 Å². The van der Waals surface area contributed by atoms with Crippen molar-refractivity contribution in [3.05, 3.63) is 12.7 Å². The largest absolute Gasteiger partial charge is 0.330 e. The van der Waals surface area contributed by atoms with Crippen LogP contribution in [0.5, 0.6) is 0 Å². The van der Waals surface area contributed by atoms with Crippen molar-refractivity contribution in [1.29, 1.82) is 0 Å². The molecule has 6 heteroatoms. The molecule has 5 nitrogen and oxygen atoms in total. The van der Waals surface area contributed by atoms with Gasteiger partial charge in [-0.15, -0.1) is 6.58 Å². The average molecular weight is 249 g/mol. The minimum Gasteiger partial charge on any atom is -0.330 e. The van der Waals surface area contributed by atoms with E-state index in [1.54, 1.807) is 13.1 Å². The molecule has 0 rings (SSSR count). The molecule has 0 amide bonds. The maximum atomic E-state index is 12.1. The Morgan fingerprint density at radius 2 is 2.00 bits per heavy atom. The van der Waals surface area contributed by atoms with E-state index in [2.05, 4.69) is 6.58 Å². The summed E-state index contributed by atoms with van der Waals surface area (Å²) in [5.74, 6) is 0. The molecule has 0 bridgehead atoms. The number of rotatable bonds is 8. The summed E-state index contributed by atoms with van der Waals surface area (Å²) < 4.78 is 27.0. The van der Waals surface area contributed by atoms with Crippen LogP contribution < -0.4 is 5.73 Å². The van der Waals surface area contributed by atoms with Gasteiger partial charge in [-0.1, -0.05) is 6.08 Å². The van der Waals surface area contributed by atoms with Crippen LogP contribution in [0.1, 0.15) is 20.3 Å². The lowest BCUT2D eigenvalue weighted by Gasteiger charge is -2.29. The molecular weight excluding hydrogens is 226 g/mol. The van der Waals surface area contributed by atoms with Gasteiger partial charge in [0.15, 0.2) is 0 Å². The summed E-state index contributed by atoms with van der Waals surface area (Å²) >= 11 is 0. The summed E-state index contributed by atoms with van der Waals surface area (Å²) in [5.41, 5.74) is 5.36. The Hall–Kier alpha value is -0.430. The Kier molecular flexibility index (Phi) is 6.82. The first-order valence-electron chi connectivity index (χ1n) is 5.42. The SMILES string of the molecule is C=CCN(C(C)C)S(=O)(=O)N(C)CCCN. The highest BCUT2D eigenvalue weighted by Crippen LogP contribution is 2.11. The normalized spacial score (nSPS) is 12.7. The van der Waals surface area contributed by atoms with Gasteiger partial charge in [0.2, 0.25) is 0 Å². The average Bonchev–Trinajstić information content (AvgIpc) is 2.21. The van der Waals surface area contributed by atoms with E-state index in [0.717, 1.165) is 0 Å². The maximum absolute atomic E-state index is 12.1. The molecule has 0 aromatic carbocycles. The molecule has 0 aliphatic rings. The molecule has 0 aromatic heterocycles.